The molecule has 0 saturated carbocycles. The predicted molar refractivity (Wildman–Crippen MR) is 69.5 cm³/mol. The lowest BCUT2D eigenvalue weighted by Crippen LogP contribution is -2.07. The highest BCUT2D eigenvalue weighted by Crippen LogP contribution is 2.22. The third kappa shape index (κ3) is 4.54. The van der Waals surface area contributed by atoms with Crippen LogP contribution >= 0.6 is 0 Å². The van der Waals surface area contributed by atoms with Gasteiger partial charge < -0.3 is 15.8 Å². The molecule has 0 aliphatic rings. The molecule has 0 unspecified atom stereocenters. The van der Waals surface area contributed by atoms with Gasteiger partial charge in [0.1, 0.15) is 5.82 Å². The zero-order valence-electron chi connectivity index (χ0n) is 10.4. The maximum atomic E-state index is 10.8. The van der Waals surface area contributed by atoms with E-state index in [1.54, 1.807) is 7.11 Å². The van der Waals surface area contributed by atoms with Crippen LogP contribution in [0.25, 0.3) is 0 Å². The third-order valence-electron chi connectivity index (χ3n) is 2.41. The fourth-order valence-electron chi connectivity index (χ4n) is 1.50. The number of ether oxygens (including phenoxy) is 1. The van der Waals surface area contributed by atoms with E-state index in [1.165, 1.54) is 12.1 Å². The summed E-state index contributed by atoms with van der Waals surface area (Å²) in [6.07, 6.45) is 2.87. The van der Waals surface area contributed by atoms with Crippen molar-refractivity contribution in [1.29, 1.82) is 0 Å². The Morgan fingerprint density at radius 1 is 1.44 bits per heavy atom. The van der Waals surface area contributed by atoms with E-state index in [-0.39, 0.29) is 17.3 Å². The molecule has 0 amide bonds. The molecular weight excluding hydrogens is 236 g/mol. The maximum absolute atomic E-state index is 10.8. The lowest BCUT2D eigenvalue weighted by atomic mass is 10.2. The molecule has 18 heavy (non-hydrogen) atoms. The van der Waals surface area contributed by atoms with E-state index < -0.39 is 4.92 Å². The van der Waals surface area contributed by atoms with Gasteiger partial charge in [-0.3, -0.25) is 10.1 Å². The van der Waals surface area contributed by atoms with Gasteiger partial charge >= 0.3 is 5.69 Å². The Labute approximate surface area is 105 Å². The molecule has 0 saturated heterocycles. The fraction of sp³-hybridized carbons (Fsp3) is 0.545. The Morgan fingerprint density at radius 2 is 2.22 bits per heavy atom. The molecule has 7 nitrogen and oxygen atoms in total. The van der Waals surface area contributed by atoms with Crippen molar-refractivity contribution in [2.75, 3.05) is 31.3 Å². The summed E-state index contributed by atoms with van der Waals surface area (Å²) in [4.78, 5) is 14.2. The van der Waals surface area contributed by atoms with Crippen molar-refractivity contribution >= 4 is 17.3 Å². The lowest BCUT2D eigenvalue weighted by molar-refractivity contribution is -0.384. The van der Waals surface area contributed by atoms with E-state index in [0.29, 0.717) is 6.54 Å². The molecule has 0 aromatic carbocycles. The van der Waals surface area contributed by atoms with Crippen LogP contribution in [0.4, 0.5) is 17.3 Å². The summed E-state index contributed by atoms with van der Waals surface area (Å²) in [6.45, 7) is 1.36. The number of hydrogen-bond donors (Lipinski definition) is 2. The second-order valence-corrected chi connectivity index (χ2v) is 3.84. The van der Waals surface area contributed by atoms with Gasteiger partial charge in [-0.1, -0.05) is 0 Å². The summed E-state index contributed by atoms with van der Waals surface area (Å²) in [5, 5.41) is 13.7. The molecule has 1 aromatic heterocycles. The average molecular weight is 254 g/mol. The monoisotopic (exact) mass is 254 g/mol. The molecule has 1 rings (SSSR count). The van der Waals surface area contributed by atoms with Gasteiger partial charge in [0, 0.05) is 26.3 Å². The number of nitrogens with two attached hydrogens (primary N) is 1. The molecule has 0 bridgehead atoms. The highest BCUT2D eigenvalue weighted by Gasteiger charge is 2.14. The number of pyridine rings is 1. The Kier molecular flexibility index (Phi) is 5.86. The Hall–Kier alpha value is -1.89. The highest BCUT2D eigenvalue weighted by atomic mass is 16.6. The first kappa shape index (κ1) is 14.2. The van der Waals surface area contributed by atoms with E-state index in [4.69, 9.17) is 10.5 Å². The Balaban J connectivity index is 2.45. The number of unbranched alkanes of at least 4 members (excludes halogenated alkanes) is 2. The maximum Gasteiger partial charge on any atom is 0.311 e. The number of nitrogens with one attached hydrogen (secondary N) is 1. The van der Waals surface area contributed by atoms with E-state index in [2.05, 4.69) is 10.3 Å². The minimum absolute atomic E-state index is 0.0545. The minimum atomic E-state index is -0.473. The van der Waals surface area contributed by atoms with Crippen LogP contribution in [0.5, 0.6) is 0 Å². The number of nitrogen functional groups attached to an aromatic ring is 1. The number of aromatic nitrogens is 1. The third-order valence-corrected chi connectivity index (χ3v) is 2.41. The van der Waals surface area contributed by atoms with Gasteiger partial charge in [0.25, 0.3) is 0 Å². The van der Waals surface area contributed by atoms with Crippen LogP contribution in [0.15, 0.2) is 12.1 Å². The Bertz CT molecular complexity index is 398. The Morgan fingerprint density at radius 3 is 2.89 bits per heavy atom. The molecule has 0 fully saturated rings. The number of nitrogens with zero attached hydrogens (tertiary/aromatic N) is 2. The molecule has 1 aromatic rings. The van der Waals surface area contributed by atoms with Crippen LogP contribution < -0.4 is 11.1 Å². The van der Waals surface area contributed by atoms with Crippen molar-refractivity contribution < 1.29 is 9.66 Å². The summed E-state index contributed by atoms with van der Waals surface area (Å²) < 4.78 is 4.93. The predicted octanol–water partition coefficient (Wildman–Crippen LogP) is 1.80. The van der Waals surface area contributed by atoms with Crippen molar-refractivity contribution in [3.8, 4) is 0 Å². The van der Waals surface area contributed by atoms with Crippen LogP contribution in [0.3, 0.4) is 0 Å². The van der Waals surface area contributed by atoms with E-state index in [9.17, 15) is 10.1 Å². The SMILES string of the molecule is COCCCCCNc1nc(N)ccc1[N+](=O)[O-]. The van der Waals surface area contributed by atoms with Crippen LogP contribution in [0.1, 0.15) is 19.3 Å². The van der Waals surface area contributed by atoms with Crippen molar-refractivity contribution in [2.45, 2.75) is 19.3 Å². The fourth-order valence-corrected chi connectivity index (χ4v) is 1.50. The molecule has 100 valence electrons. The van der Waals surface area contributed by atoms with Gasteiger partial charge in [-0.25, -0.2) is 4.98 Å². The standard InChI is InChI=1S/C11H18N4O3/c1-18-8-4-2-3-7-13-11-9(15(16)17)5-6-10(12)14-11/h5-6H,2-4,7-8H2,1H3,(H3,12,13,14). The average Bonchev–Trinajstić information content (AvgIpc) is 2.33. The van der Waals surface area contributed by atoms with Gasteiger partial charge in [-0.2, -0.15) is 0 Å². The first-order valence-electron chi connectivity index (χ1n) is 5.79. The molecular formula is C11H18N4O3. The zero-order chi connectivity index (χ0) is 13.4. The molecule has 0 aliphatic heterocycles. The second-order valence-electron chi connectivity index (χ2n) is 3.84. The van der Waals surface area contributed by atoms with E-state index in [0.717, 1.165) is 25.9 Å². The highest BCUT2D eigenvalue weighted by molar-refractivity contribution is 5.59. The van der Waals surface area contributed by atoms with E-state index >= 15 is 0 Å². The summed E-state index contributed by atoms with van der Waals surface area (Å²) >= 11 is 0. The number of rotatable bonds is 8. The molecule has 0 radical (unpaired) electrons. The normalized spacial score (nSPS) is 10.3. The molecule has 1 heterocycles. The van der Waals surface area contributed by atoms with Gasteiger partial charge in [-0.15, -0.1) is 0 Å². The molecule has 7 heteroatoms. The topological polar surface area (TPSA) is 103 Å². The van der Waals surface area contributed by atoms with Gasteiger partial charge in [0.2, 0.25) is 5.82 Å². The first-order chi connectivity index (χ1) is 8.65. The van der Waals surface area contributed by atoms with Gasteiger partial charge in [0.05, 0.1) is 4.92 Å². The number of methoxy groups -OCH3 is 1. The number of hydrogen-bond acceptors (Lipinski definition) is 6. The van der Waals surface area contributed by atoms with Crippen LogP contribution in [-0.2, 0) is 4.74 Å². The van der Waals surface area contributed by atoms with Crippen LogP contribution in [0.2, 0.25) is 0 Å². The molecule has 0 atom stereocenters. The number of anilines is 2. The zero-order valence-corrected chi connectivity index (χ0v) is 10.4. The number of nitro groups is 1. The van der Waals surface area contributed by atoms with Crippen molar-refractivity contribution in [3.63, 3.8) is 0 Å². The summed E-state index contributed by atoms with van der Waals surface area (Å²) in [5.41, 5.74) is 5.45. The van der Waals surface area contributed by atoms with Crippen molar-refractivity contribution in [1.82, 2.24) is 4.98 Å². The summed E-state index contributed by atoms with van der Waals surface area (Å²) in [7, 11) is 1.66. The van der Waals surface area contributed by atoms with Crippen molar-refractivity contribution in [3.05, 3.63) is 22.2 Å². The molecule has 0 aliphatic carbocycles. The van der Waals surface area contributed by atoms with E-state index in [1.807, 2.05) is 0 Å². The quantitative estimate of drug-likeness (QED) is 0.416. The van der Waals surface area contributed by atoms with Crippen LogP contribution in [-0.4, -0.2) is 30.2 Å². The van der Waals surface area contributed by atoms with Crippen LogP contribution in [0, 0.1) is 10.1 Å². The lowest BCUT2D eigenvalue weighted by Gasteiger charge is -2.06. The molecule has 3 N–H and O–H groups in total. The second kappa shape index (κ2) is 7.44. The summed E-state index contributed by atoms with van der Waals surface area (Å²) in [6, 6.07) is 2.78. The van der Waals surface area contributed by atoms with Gasteiger partial charge in [-0.05, 0) is 25.3 Å². The molecule has 0 spiro atoms. The first-order valence-corrected chi connectivity index (χ1v) is 5.79. The summed E-state index contributed by atoms with van der Waals surface area (Å²) in [5.74, 6) is 0.495. The smallest absolute Gasteiger partial charge is 0.311 e. The largest absolute Gasteiger partial charge is 0.385 e. The van der Waals surface area contributed by atoms with Gasteiger partial charge in [0.15, 0.2) is 0 Å². The van der Waals surface area contributed by atoms with Crippen molar-refractivity contribution in [2.24, 2.45) is 0 Å². The minimum Gasteiger partial charge on any atom is -0.385 e.